The number of rotatable bonds is 5. The molecular weight excluding hydrogens is 303 g/mol. The van der Waals surface area contributed by atoms with E-state index in [9.17, 15) is 4.39 Å². The fraction of sp³-hybridized carbons (Fsp3) is 0.133. The number of para-hydroxylation sites is 2. The third-order valence-electron chi connectivity index (χ3n) is 3.01. The second-order valence-electron chi connectivity index (χ2n) is 4.46. The standard InChI is InChI=1S/C15H13FN4OS/c1-21-14-8-3-2-7-13(14)20-15(17-18-19-20)22-10-11-5-4-6-12(16)9-11/h2-9H,10H2,1H3. The molecule has 0 atom stereocenters. The highest BCUT2D eigenvalue weighted by molar-refractivity contribution is 7.98. The molecule has 0 aliphatic heterocycles. The van der Waals surface area contributed by atoms with Crippen LogP contribution in [0.4, 0.5) is 4.39 Å². The lowest BCUT2D eigenvalue weighted by molar-refractivity contribution is 0.410. The van der Waals surface area contributed by atoms with Crippen LogP contribution in [0.3, 0.4) is 0 Å². The first kappa shape index (κ1) is 14.5. The summed E-state index contributed by atoms with van der Waals surface area (Å²) in [6.07, 6.45) is 0. The van der Waals surface area contributed by atoms with Crippen LogP contribution in [0.1, 0.15) is 5.56 Å². The van der Waals surface area contributed by atoms with Crippen molar-refractivity contribution in [3.05, 3.63) is 59.9 Å². The molecule has 112 valence electrons. The fourth-order valence-electron chi connectivity index (χ4n) is 2.00. The zero-order chi connectivity index (χ0) is 15.4. The minimum absolute atomic E-state index is 0.248. The first-order valence-corrected chi connectivity index (χ1v) is 7.55. The van der Waals surface area contributed by atoms with Gasteiger partial charge in [0.25, 0.3) is 0 Å². The van der Waals surface area contributed by atoms with E-state index in [-0.39, 0.29) is 5.82 Å². The quantitative estimate of drug-likeness (QED) is 0.677. The van der Waals surface area contributed by atoms with Gasteiger partial charge in [0.2, 0.25) is 5.16 Å². The van der Waals surface area contributed by atoms with Crippen molar-refractivity contribution in [1.82, 2.24) is 20.2 Å². The summed E-state index contributed by atoms with van der Waals surface area (Å²) in [7, 11) is 1.60. The average molecular weight is 316 g/mol. The minimum Gasteiger partial charge on any atom is -0.494 e. The number of ether oxygens (including phenoxy) is 1. The molecule has 1 heterocycles. The van der Waals surface area contributed by atoms with Crippen molar-refractivity contribution >= 4 is 11.8 Å². The van der Waals surface area contributed by atoms with Gasteiger partial charge in [0, 0.05) is 5.75 Å². The van der Waals surface area contributed by atoms with Gasteiger partial charge in [0.05, 0.1) is 7.11 Å². The molecular formula is C15H13FN4OS. The Hall–Kier alpha value is -2.41. The maximum atomic E-state index is 13.2. The molecule has 0 bridgehead atoms. The largest absolute Gasteiger partial charge is 0.494 e. The number of hydrogen-bond donors (Lipinski definition) is 0. The van der Waals surface area contributed by atoms with E-state index in [1.54, 1.807) is 17.9 Å². The highest BCUT2D eigenvalue weighted by Gasteiger charge is 2.13. The van der Waals surface area contributed by atoms with Gasteiger partial charge in [-0.05, 0) is 40.3 Å². The van der Waals surface area contributed by atoms with E-state index in [1.165, 1.54) is 23.9 Å². The maximum Gasteiger partial charge on any atom is 0.214 e. The monoisotopic (exact) mass is 316 g/mol. The zero-order valence-electron chi connectivity index (χ0n) is 11.8. The van der Waals surface area contributed by atoms with Crippen LogP contribution in [0, 0.1) is 5.82 Å². The van der Waals surface area contributed by atoms with Gasteiger partial charge >= 0.3 is 0 Å². The lowest BCUT2D eigenvalue weighted by atomic mass is 10.2. The molecule has 3 aromatic rings. The average Bonchev–Trinajstić information content (AvgIpc) is 3.01. The van der Waals surface area contributed by atoms with Gasteiger partial charge in [-0.2, -0.15) is 4.68 Å². The van der Waals surface area contributed by atoms with Crippen molar-refractivity contribution in [3.63, 3.8) is 0 Å². The Morgan fingerprint density at radius 2 is 2.05 bits per heavy atom. The molecule has 7 heteroatoms. The van der Waals surface area contributed by atoms with Crippen LogP contribution >= 0.6 is 11.8 Å². The van der Waals surface area contributed by atoms with Crippen LogP contribution in [0.25, 0.3) is 5.69 Å². The zero-order valence-corrected chi connectivity index (χ0v) is 12.6. The summed E-state index contributed by atoms with van der Waals surface area (Å²) in [6, 6.07) is 14.0. The van der Waals surface area contributed by atoms with Gasteiger partial charge < -0.3 is 4.74 Å². The number of hydrogen-bond acceptors (Lipinski definition) is 5. The van der Waals surface area contributed by atoms with Crippen LogP contribution in [-0.2, 0) is 5.75 Å². The topological polar surface area (TPSA) is 52.8 Å². The van der Waals surface area contributed by atoms with Gasteiger partial charge in [0.15, 0.2) is 0 Å². The summed E-state index contributed by atoms with van der Waals surface area (Å²) in [4.78, 5) is 0. The number of aromatic nitrogens is 4. The van der Waals surface area contributed by atoms with Crippen LogP contribution < -0.4 is 4.74 Å². The summed E-state index contributed by atoms with van der Waals surface area (Å²) in [5, 5.41) is 12.4. The van der Waals surface area contributed by atoms with Gasteiger partial charge in [-0.25, -0.2) is 4.39 Å². The number of thioether (sulfide) groups is 1. The molecule has 0 radical (unpaired) electrons. The second kappa shape index (κ2) is 6.57. The first-order chi connectivity index (χ1) is 10.8. The predicted octanol–water partition coefficient (Wildman–Crippen LogP) is 3.10. The maximum absolute atomic E-state index is 13.2. The highest BCUT2D eigenvalue weighted by Crippen LogP contribution is 2.27. The number of nitrogens with zero attached hydrogens (tertiary/aromatic N) is 4. The molecule has 0 saturated carbocycles. The Kier molecular flexibility index (Phi) is 4.34. The Balaban J connectivity index is 1.83. The number of benzene rings is 2. The Bertz CT molecular complexity index is 777. The van der Waals surface area contributed by atoms with Gasteiger partial charge in [-0.1, -0.05) is 36.0 Å². The third kappa shape index (κ3) is 3.09. The van der Waals surface area contributed by atoms with Crippen LogP contribution in [0.5, 0.6) is 5.75 Å². The molecule has 0 unspecified atom stereocenters. The van der Waals surface area contributed by atoms with Crippen LogP contribution in [-0.4, -0.2) is 27.3 Å². The Morgan fingerprint density at radius 1 is 1.18 bits per heavy atom. The molecule has 0 aliphatic rings. The normalized spacial score (nSPS) is 10.6. The summed E-state index contributed by atoms with van der Waals surface area (Å²) in [5.74, 6) is 1.01. The molecule has 22 heavy (non-hydrogen) atoms. The molecule has 3 rings (SSSR count). The SMILES string of the molecule is COc1ccccc1-n1nnnc1SCc1cccc(F)c1. The molecule has 0 fully saturated rings. The van der Waals surface area contributed by atoms with Crippen molar-refractivity contribution in [3.8, 4) is 11.4 Å². The van der Waals surface area contributed by atoms with E-state index >= 15 is 0 Å². The van der Waals surface area contributed by atoms with Crippen molar-refractivity contribution in [1.29, 1.82) is 0 Å². The van der Waals surface area contributed by atoms with Gasteiger partial charge in [0.1, 0.15) is 17.3 Å². The van der Waals surface area contributed by atoms with Crippen LogP contribution in [0.15, 0.2) is 53.7 Å². The van der Waals surface area contributed by atoms with E-state index < -0.39 is 0 Å². The third-order valence-corrected chi connectivity index (χ3v) is 4.00. The summed E-state index contributed by atoms with van der Waals surface area (Å²) >= 11 is 1.43. The summed E-state index contributed by atoms with van der Waals surface area (Å²) < 4.78 is 20.1. The number of halogens is 1. The van der Waals surface area contributed by atoms with Crippen LogP contribution in [0.2, 0.25) is 0 Å². The van der Waals surface area contributed by atoms with Gasteiger partial charge in [-0.3, -0.25) is 0 Å². The van der Waals surface area contributed by atoms with Crippen molar-refractivity contribution < 1.29 is 9.13 Å². The molecule has 0 spiro atoms. The first-order valence-electron chi connectivity index (χ1n) is 6.57. The molecule has 2 aromatic carbocycles. The number of methoxy groups -OCH3 is 1. The Morgan fingerprint density at radius 3 is 2.86 bits per heavy atom. The molecule has 0 aliphatic carbocycles. The Labute approximate surface area is 131 Å². The minimum atomic E-state index is -0.248. The molecule has 1 aromatic heterocycles. The van der Waals surface area contributed by atoms with E-state index in [1.807, 2.05) is 30.3 Å². The predicted molar refractivity (Wildman–Crippen MR) is 81.7 cm³/mol. The van der Waals surface area contributed by atoms with E-state index in [2.05, 4.69) is 15.5 Å². The molecule has 0 saturated heterocycles. The van der Waals surface area contributed by atoms with Crippen molar-refractivity contribution in [2.45, 2.75) is 10.9 Å². The fourth-order valence-corrected chi connectivity index (χ4v) is 2.83. The summed E-state index contributed by atoms with van der Waals surface area (Å²) in [6.45, 7) is 0. The van der Waals surface area contributed by atoms with E-state index in [0.717, 1.165) is 11.3 Å². The van der Waals surface area contributed by atoms with E-state index in [0.29, 0.717) is 16.7 Å². The lowest BCUT2D eigenvalue weighted by Crippen LogP contribution is -2.01. The number of tetrazole rings is 1. The molecule has 0 N–H and O–H groups in total. The smallest absolute Gasteiger partial charge is 0.214 e. The molecule has 0 amide bonds. The second-order valence-corrected chi connectivity index (χ2v) is 5.41. The van der Waals surface area contributed by atoms with Gasteiger partial charge in [-0.15, -0.1) is 5.10 Å². The lowest BCUT2D eigenvalue weighted by Gasteiger charge is -2.08. The molecule has 5 nitrogen and oxygen atoms in total. The summed E-state index contributed by atoms with van der Waals surface area (Å²) in [5.41, 5.74) is 1.64. The highest BCUT2D eigenvalue weighted by atomic mass is 32.2. The van der Waals surface area contributed by atoms with Crippen molar-refractivity contribution in [2.75, 3.05) is 7.11 Å². The van der Waals surface area contributed by atoms with E-state index in [4.69, 9.17) is 4.74 Å². The van der Waals surface area contributed by atoms with Crippen molar-refractivity contribution in [2.24, 2.45) is 0 Å².